The van der Waals surface area contributed by atoms with Crippen LogP contribution in [0.1, 0.15) is 5.69 Å². The van der Waals surface area contributed by atoms with Gasteiger partial charge in [0, 0.05) is 23.1 Å². The number of hydrogen-bond donors (Lipinski definition) is 2. The van der Waals surface area contributed by atoms with Crippen LogP contribution in [0.3, 0.4) is 0 Å². The van der Waals surface area contributed by atoms with E-state index < -0.39 is 0 Å². The van der Waals surface area contributed by atoms with Gasteiger partial charge in [-0.3, -0.25) is 0 Å². The number of aryl methyl sites for hydroxylation is 1. The summed E-state index contributed by atoms with van der Waals surface area (Å²) >= 11 is 0. The van der Waals surface area contributed by atoms with Crippen LogP contribution in [-0.4, -0.2) is 9.97 Å². The summed E-state index contributed by atoms with van der Waals surface area (Å²) < 4.78 is 12.9. The molecule has 3 aromatic rings. The summed E-state index contributed by atoms with van der Waals surface area (Å²) in [6, 6.07) is 17.7. The maximum Gasteiger partial charge on any atom is 0.229 e. The maximum atomic E-state index is 12.9. The molecule has 0 bridgehead atoms. The Morgan fingerprint density at radius 1 is 0.818 bits per heavy atom. The predicted molar refractivity (Wildman–Crippen MR) is 86.2 cm³/mol. The van der Waals surface area contributed by atoms with Crippen molar-refractivity contribution in [1.82, 2.24) is 9.97 Å². The van der Waals surface area contributed by atoms with Crippen LogP contribution in [0.2, 0.25) is 0 Å². The average molecular weight is 294 g/mol. The number of hydrogen-bond acceptors (Lipinski definition) is 4. The first-order chi connectivity index (χ1) is 10.7. The van der Waals surface area contributed by atoms with Gasteiger partial charge in [0.25, 0.3) is 0 Å². The average Bonchev–Trinajstić information content (AvgIpc) is 2.50. The highest BCUT2D eigenvalue weighted by Crippen LogP contribution is 2.19. The number of nitrogens with one attached hydrogen (secondary N) is 2. The first kappa shape index (κ1) is 14.0. The van der Waals surface area contributed by atoms with Gasteiger partial charge in [0.15, 0.2) is 0 Å². The standard InChI is InChI=1S/C17H15FN4/c1-12-11-16(20-15-9-7-13(18)8-10-15)22-17(19-12)21-14-5-3-2-4-6-14/h2-11H,1H3,(H2,19,20,21,22). The fourth-order valence-electron chi connectivity index (χ4n) is 2.02. The molecule has 0 radical (unpaired) electrons. The van der Waals surface area contributed by atoms with Crippen LogP contribution in [0, 0.1) is 12.7 Å². The van der Waals surface area contributed by atoms with E-state index in [4.69, 9.17) is 0 Å². The van der Waals surface area contributed by atoms with Crippen LogP contribution < -0.4 is 10.6 Å². The van der Waals surface area contributed by atoms with Crippen LogP contribution in [0.25, 0.3) is 0 Å². The Bertz CT molecular complexity index is 757. The summed E-state index contributed by atoms with van der Waals surface area (Å²) in [4.78, 5) is 8.78. The molecule has 4 nitrogen and oxygen atoms in total. The molecule has 5 heteroatoms. The fourth-order valence-corrected chi connectivity index (χ4v) is 2.02. The second-order valence-corrected chi connectivity index (χ2v) is 4.84. The van der Waals surface area contributed by atoms with E-state index in [9.17, 15) is 4.39 Å². The molecule has 0 unspecified atom stereocenters. The molecule has 0 spiro atoms. The van der Waals surface area contributed by atoms with E-state index in [-0.39, 0.29) is 5.82 Å². The SMILES string of the molecule is Cc1cc(Nc2ccc(F)cc2)nc(Nc2ccccc2)n1. The van der Waals surface area contributed by atoms with Crippen molar-refractivity contribution in [1.29, 1.82) is 0 Å². The minimum Gasteiger partial charge on any atom is -0.340 e. The van der Waals surface area contributed by atoms with Crippen LogP contribution >= 0.6 is 0 Å². The van der Waals surface area contributed by atoms with Gasteiger partial charge in [0.05, 0.1) is 0 Å². The van der Waals surface area contributed by atoms with Crippen molar-refractivity contribution in [2.24, 2.45) is 0 Å². The predicted octanol–water partition coefficient (Wildman–Crippen LogP) is 4.41. The van der Waals surface area contributed by atoms with Gasteiger partial charge in [-0.15, -0.1) is 0 Å². The second kappa shape index (κ2) is 6.22. The highest BCUT2D eigenvalue weighted by molar-refractivity contribution is 5.60. The van der Waals surface area contributed by atoms with E-state index in [1.165, 1.54) is 12.1 Å². The third kappa shape index (κ3) is 3.58. The molecular formula is C17H15FN4. The van der Waals surface area contributed by atoms with E-state index >= 15 is 0 Å². The Labute approximate surface area is 128 Å². The Morgan fingerprint density at radius 2 is 1.50 bits per heavy atom. The first-order valence-corrected chi connectivity index (χ1v) is 6.89. The molecule has 0 aliphatic carbocycles. The van der Waals surface area contributed by atoms with E-state index in [1.54, 1.807) is 12.1 Å². The van der Waals surface area contributed by atoms with Crippen LogP contribution in [0.5, 0.6) is 0 Å². The molecule has 0 amide bonds. The number of para-hydroxylation sites is 1. The molecule has 1 heterocycles. The molecular weight excluding hydrogens is 279 g/mol. The zero-order valence-corrected chi connectivity index (χ0v) is 12.0. The Balaban J connectivity index is 1.82. The van der Waals surface area contributed by atoms with Crippen molar-refractivity contribution in [3.63, 3.8) is 0 Å². The summed E-state index contributed by atoms with van der Waals surface area (Å²) in [5, 5.41) is 6.30. The number of halogens is 1. The monoisotopic (exact) mass is 294 g/mol. The third-order valence-electron chi connectivity index (χ3n) is 3.00. The van der Waals surface area contributed by atoms with Crippen molar-refractivity contribution >= 4 is 23.1 Å². The summed E-state index contributed by atoms with van der Waals surface area (Å²) in [5.74, 6) is 0.893. The number of nitrogens with zero attached hydrogens (tertiary/aromatic N) is 2. The lowest BCUT2D eigenvalue weighted by atomic mass is 10.3. The molecule has 2 aromatic carbocycles. The molecule has 0 saturated heterocycles. The molecule has 2 N–H and O–H groups in total. The van der Waals surface area contributed by atoms with E-state index in [2.05, 4.69) is 20.6 Å². The zero-order chi connectivity index (χ0) is 15.4. The van der Waals surface area contributed by atoms with Crippen molar-refractivity contribution in [2.45, 2.75) is 6.92 Å². The van der Waals surface area contributed by atoms with Gasteiger partial charge < -0.3 is 10.6 Å². The van der Waals surface area contributed by atoms with Crippen molar-refractivity contribution in [2.75, 3.05) is 10.6 Å². The lowest BCUT2D eigenvalue weighted by molar-refractivity contribution is 0.628. The molecule has 22 heavy (non-hydrogen) atoms. The maximum absolute atomic E-state index is 12.9. The molecule has 0 saturated carbocycles. The van der Waals surface area contributed by atoms with Crippen molar-refractivity contribution in [3.8, 4) is 0 Å². The largest absolute Gasteiger partial charge is 0.340 e. The van der Waals surface area contributed by atoms with Crippen molar-refractivity contribution < 1.29 is 4.39 Å². The smallest absolute Gasteiger partial charge is 0.229 e. The molecule has 3 rings (SSSR count). The van der Waals surface area contributed by atoms with E-state index in [1.807, 2.05) is 43.3 Å². The fraction of sp³-hybridized carbons (Fsp3) is 0.0588. The first-order valence-electron chi connectivity index (χ1n) is 6.89. The number of aromatic nitrogens is 2. The highest BCUT2D eigenvalue weighted by Gasteiger charge is 2.03. The molecule has 0 aliphatic heterocycles. The van der Waals surface area contributed by atoms with Gasteiger partial charge in [-0.25, -0.2) is 9.37 Å². The second-order valence-electron chi connectivity index (χ2n) is 4.84. The number of anilines is 4. The van der Waals surface area contributed by atoms with Gasteiger partial charge in [-0.2, -0.15) is 4.98 Å². The summed E-state index contributed by atoms with van der Waals surface area (Å²) in [6.45, 7) is 1.90. The van der Waals surface area contributed by atoms with Gasteiger partial charge in [-0.05, 0) is 43.3 Å². The molecule has 0 fully saturated rings. The zero-order valence-electron chi connectivity index (χ0n) is 12.0. The summed E-state index contributed by atoms with van der Waals surface area (Å²) in [6.07, 6.45) is 0. The summed E-state index contributed by atoms with van der Waals surface area (Å²) in [7, 11) is 0. The minimum absolute atomic E-state index is 0.268. The molecule has 110 valence electrons. The van der Waals surface area contributed by atoms with E-state index in [0.29, 0.717) is 11.8 Å². The minimum atomic E-state index is -0.268. The van der Waals surface area contributed by atoms with Crippen LogP contribution in [-0.2, 0) is 0 Å². The topological polar surface area (TPSA) is 49.8 Å². The van der Waals surface area contributed by atoms with Gasteiger partial charge in [0.2, 0.25) is 5.95 Å². The quantitative estimate of drug-likeness (QED) is 0.748. The lowest BCUT2D eigenvalue weighted by Gasteiger charge is -2.10. The normalized spacial score (nSPS) is 10.3. The third-order valence-corrected chi connectivity index (χ3v) is 3.00. The van der Waals surface area contributed by atoms with E-state index in [0.717, 1.165) is 17.1 Å². The molecule has 0 atom stereocenters. The highest BCUT2D eigenvalue weighted by atomic mass is 19.1. The summed E-state index contributed by atoms with van der Waals surface area (Å²) in [5.41, 5.74) is 2.52. The van der Waals surface area contributed by atoms with Gasteiger partial charge >= 0.3 is 0 Å². The van der Waals surface area contributed by atoms with Crippen LogP contribution in [0.4, 0.5) is 27.5 Å². The van der Waals surface area contributed by atoms with Gasteiger partial charge in [0.1, 0.15) is 11.6 Å². The molecule has 1 aromatic heterocycles. The number of benzene rings is 2. The van der Waals surface area contributed by atoms with Crippen LogP contribution in [0.15, 0.2) is 60.7 Å². The lowest BCUT2D eigenvalue weighted by Crippen LogP contribution is -2.02. The van der Waals surface area contributed by atoms with Gasteiger partial charge in [-0.1, -0.05) is 18.2 Å². The Morgan fingerprint density at radius 3 is 2.23 bits per heavy atom. The Hall–Kier alpha value is -2.95. The van der Waals surface area contributed by atoms with Crippen molar-refractivity contribution in [3.05, 3.63) is 72.2 Å². The molecule has 0 aliphatic rings. The number of rotatable bonds is 4. The Kier molecular flexibility index (Phi) is 3.96.